The molecule has 1 amide bonds. The third kappa shape index (κ3) is 4.74. The van der Waals surface area contributed by atoms with Crippen molar-refractivity contribution in [3.05, 3.63) is 33.8 Å². The fourth-order valence-corrected chi connectivity index (χ4v) is 4.57. The van der Waals surface area contributed by atoms with Crippen molar-refractivity contribution in [2.24, 2.45) is 0 Å². The lowest BCUT2D eigenvalue weighted by atomic mass is 9.91. The molecule has 4 rings (SSSR count). The van der Waals surface area contributed by atoms with Gasteiger partial charge in [-0.05, 0) is 79.4 Å². The molecule has 2 heterocycles. The molecule has 1 fully saturated rings. The molecule has 29 heavy (non-hydrogen) atoms. The molecule has 2 aliphatic carbocycles. The highest BCUT2D eigenvalue weighted by Crippen LogP contribution is 2.29. The summed E-state index contributed by atoms with van der Waals surface area (Å²) < 4.78 is 5.90. The first kappa shape index (κ1) is 20.2. The number of aryl methyl sites for hydroxylation is 1. The van der Waals surface area contributed by atoms with Crippen LogP contribution in [0.15, 0.2) is 21.2 Å². The summed E-state index contributed by atoms with van der Waals surface area (Å²) >= 11 is 3.23. The quantitative estimate of drug-likeness (QED) is 0.701. The number of amides is 1. The molecule has 0 aromatic carbocycles. The number of carbonyl (C=O) groups is 1. The van der Waals surface area contributed by atoms with Crippen molar-refractivity contribution in [2.45, 2.75) is 63.5 Å². The van der Waals surface area contributed by atoms with E-state index >= 15 is 0 Å². The molecule has 0 bridgehead atoms. The lowest BCUT2D eigenvalue weighted by Gasteiger charge is -2.30. The molecule has 0 aliphatic heterocycles. The summed E-state index contributed by atoms with van der Waals surface area (Å²) in [6, 6.07) is 3.92. The first-order valence-electron chi connectivity index (χ1n) is 10.4. The number of furan rings is 1. The van der Waals surface area contributed by atoms with Gasteiger partial charge in [-0.3, -0.25) is 4.79 Å². The van der Waals surface area contributed by atoms with Gasteiger partial charge in [0.1, 0.15) is 5.82 Å². The zero-order valence-corrected chi connectivity index (χ0v) is 18.6. The first-order valence-corrected chi connectivity index (χ1v) is 11.2. The maximum Gasteiger partial charge on any atom is 0.287 e. The Morgan fingerprint density at radius 1 is 1.10 bits per heavy atom. The molecule has 2 N–H and O–H groups in total. The van der Waals surface area contributed by atoms with Crippen LogP contribution in [0.1, 0.15) is 60.3 Å². The molecule has 2 aromatic heterocycles. The molecule has 0 radical (unpaired) electrons. The van der Waals surface area contributed by atoms with Crippen molar-refractivity contribution in [3.63, 3.8) is 0 Å². The zero-order valence-electron chi connectivity index (χ0n) is 17.0. The largest absolute Gasteiger partial charge is 0.444 e. The van der Waals surface area contributed by atoms with Crippen LogP contribution in [0.25, 0.3) is 0 Å². The van der Waals surface area contributed by atoms with E-state index in [4.69, 9.17) is 14.4 Å². The van der Waals surface area contributed by atoms with E-state index in [1.807, 2.05) is 14.1 Å². The maximum absolute atomic E-state index is 12.3. The fourth-order valence-electron chi connectivity index (χ4n) is 4.27. The van der Waals surface area contributed by atoms with Gasteiger partial charge in [-0.1, -0.05) is 0 Å². The van der Waals surface area contributed by atoms with Crippen LogP contribution in [0.4, 0.5) is 11.8 Å². The Hall–Kier alpha value is -2.09. The van der Waals surface area contributed by atoms with Crippen LogP contribution in [0.2, 0.25) is 0 Å². The summed E-state index contributed by atoms with van der Waals surface area (Å²) in [6.45, 7) is 0. The normalized spacial score (nSPS) is 21.3. The summed E-state index contributed by atoms with van der Waals surface area (Å²) in [5.74, 6) is 1.97. The lowest BCUT2D eigenvalue weighted by Crippen LogP contribution is -2.40. The van der Waals surface area contributed by atoms with E-state index in [0.717, 1.165) is 50.3 Å². The number of rotatable bonds is 5. The van der Waals surface area contributed by atoms with Gasteiger partial charge in [-0.15, -0.1) is 0 Å². The lowest BCUT2D eigenvalue weighted by molar-refractivity contribution is 0.0897. The number of halogens is 1. The van der Waals surface area contributed by atoms with Crippen LogP contribution in [0.5, 0.6) is 0 Å². The molecule has 8 heteroatoms. The van der Waals surface area contributed by atoms with Crippen LogP contribution >= 0.6 is 15.9 Å². The molecule has 156 valence electrons. The molecule has 0 unspecified atom stereocenters. The number of aromatic nitrogens is 2. The van der Waals surface area contributed by atoms with Crippen LogP contribution < -0.4 is 15.5 Å². The van der Waals surface area contributed by atoms with Crippen molar-refractivity contribution >= 4 is 33.6 Å². The number of nitrogens with zero attached hydrogens (tertiary/aromatic N) is 3. The minimum absolute atomic E-state index is 0.152. The van der Waals surface area contributed by atoms with E-state index in [-0.39, 0.29) is 11.9 Å². The van der Waals surface area contributed by atoms with Crippen molar-refractivity contribution in [1.29, 1.82) is 0 Å². The highest BCUT2D eigenvalue weighted by atomic mass is 79.9. The molecule has 0 saturated heterocycles. The standard InChI is InChI=1S/C21H28BrN5O2/c1-27(2)19-15-5-3-4-6-16(15)25-21(26-19)24-14-9-7-13(8-10-14)23-20(28)17-11-12-18(22)29-17/h11-14H,3-10H2,1-2H3,(H,23,28)(H,24,25,26). The van der Waals surface area contributed by atoms with Gasteiger partial charge in [0.05, 0.1) is 5.69 Å². The van der Waals surface area contributed by atoms with Gasteiger partial charge < -0.3 is 20.0 Å². The number of anilines is 2. The Morgan fingerprint density at radius 3 is 2.52 bits per heavy atom. The second-order valence-electron chi connectivity index (χ2n) is 8.17. The van der Waals surface area contributed by atoms with E-state index in [1.54, 1.807) is 12.1 Å². The van der Waals surface area contributed by atoms with Crippen molar-refractivity contribution in [1.82, 2.24) is 15.3 Å². The summed E-state index contributed by atoms with van der Waals surface area (Å²) in [6.07, 6.45) is 8.33. The van der Waals surface area contributed by atoms with Crippen molar-refractivity contribution in [2.75, 3.05) is 24.3 Å². The van der Waals surface area contributed by atoms with Crippen LogP contribution in [-0.4, -0.2) is 42.1 Å². The smallest absolute Gasteiger partial charge is 0.287 e. The molecule has 2 aromatic rings. The van der Waals surface area contributed by atoms with Crippen LogP contribution in [-0.2, 0) is 12.8 Å². The minimum Gasteiger partial charge on any atom is -0.444 e. The summed E-state index contributed by atoms with van der Waals surface area (Å²) in [7, 11) is 4.10. The summed E-state index contributed by atoms with van der Waals surface area (Å²) in [5, 5.41) is 6.63. The van der Waals surface area contributed by atoms with E-state index < -0.39 is 0 Å². The van der Waals surface area contributed by atoms with Gasteiger partial charge in [0, 0.05) is 31.7 Å². The Labute approximate surface area is 179 Å². The summed E-state index contributed by atoms with van der Waals surface area (Å²) in [4.78, 5) is 24.0. The highest BCUT2D eigenvalue weighted by Gasteiger charge is 2.25. The Balaban J connectivity index is 1.35. The molecular weight excluding hydrogens is 434 g/mol. The number of carbonyl (C=O) groups excluding carboxylic acids is 1. The molecule has 7 nitrogen and oxygen atoms in total. The van der Waals surface area contributed by atoms with E-state index in [9.17, 15) is 4.79 Å². The maximum atomic E-state index is 12.3. The van der Waals surface area contributed by atoms with Gasteiger partial charge in [0.2, 0.25) is 5.95 Å². The number of hydrogen-bond donors (Lipinski definition) is 2. The second-order valence-corrected chi connectivity index (χ2v) is 8.95. The van der Waals surface area contributed by atoms with Crippen LogP contribution in [0, 0.1) is 0 Å². The molecular formula is C21H28BrN5O2. The predicted octanol–water partition coefficient (Wildman–Crippen LogP) is 3.93. The second kappa shape index (κ2) is 8.73. The zero-order chi connectivity index (χ0) is 20.4. The Kier molecular flexibility index (Phi) is 6.08. The first-order chi connectivity index (χ1) is 14.0. The highest BCUT2D eigenvalue weighted by molar-refractivity contribution is 9.10. The molecule has 1 saturated carbocycles. The Morgan fingerprint density at radius 2 is 1.83 bits per heavy atom. The fraction of sp³-hybridized carbons (Fsp3) is 0.571. The number of nitrogens with one attached hydrogen (secondary N) is 2. The monoisotopic (exact) mass is 461 g/mol. The van der Waals surface area contributed by atoms with Gasteiger partial charge in [0.25, 0.3) is 5.91 Å². The van der Waals surface area contributed by atoms with Gasteiger partial charge >= 0.3 is 0 Å². The third-order valence-electron chi connectivity index (χ3n) is 5.78. The van der Waals surface area contributed by atoms with E-state index in [0.29, 0.717) is 16.5 Å². The topological polar surface area (TPSA) is 83.3 Å². The molecule has 0 atom stereocenters. The third-order valence-corrected chi connectivity index (χ3v) is 6.20. The summed E-state index contributed by atoms with van der Waals surface area (Å²) in [5.41, 5.74) is 2.51. The average Bonchev–Trinajstić information content (AvgIpc) is 3.15. The van der Waals surface area contributed by atoms with Crippen LogP contribution in [0.3, 0.4) is 0 Å². The average molecular weight is 462 g/mol. The van der Waals surface area contributed by atoms with E-state index in [2.05, 4.69) is 31.5 Å². The van der Waals surface area contributed by atoms with Gasteiger partial charge in [-0.2, -0.15) is 4.98 Å². The predicted molar refractivity (Wildman–Crippen MR) is 117 cm³/mol. The van der Waals surface area contributed by atoms with Gasteiger partial charge in [-0.25, -0.2) is 4.98 Å². The van der Waals surface area contributed by atoms with Crippen molar-refractivity contribution in [3.8, 4) is 0 Å². The van der Waals surface area contributed by atoms with Gasteiger partial charge in [0.15, 0.2) is 10.4 Å². The SMILES string of the molecule is CN(C)c1nc(NC2CCC(NC(=O)c3ccc(Br)o3)CC2)nc2c1CCCC2. The molecule has 0 spiro atoms. The minimum atomic E-state index is -0.152. The van der Waals surface area contributed by atoms with Crippen molar-refractivity contribution < 1.29 is 9.21 Å². The van der Waals surface area contributed by atoms with E-state index in [1.165, 1.54) is 24.1 Å². The Bertz CT molecular complexity index is 874. The number of fused-ring (bicyclic) bond motifs is 1. The number of hydrogen-bond acceptors (Lipinski definition) is 6. The molecule has 2 aliphatic rings.